The van der Waals surface area contributed by atoms with Crippen LogP contribution < -0.4 is 5.73 Å². The molecule has 1 aromatic carbocycles. The van der Waals surface area contributed by atoms with Crippen LogP contribution in [0.3, 0.4) is 0 Å². The van der Waals surface area contributed by atoms with Crippen LogP contribution in [0.4, 0.5) is 10.3 Å². The van der Waals surface area contributed by atoms with E-state index in [1.165, 1.54) is 6.20 Å². The zero-order valence-electron chi connectivity index (χ0n) is 8.84. The molecule has 16 heavy (non-hydrogen) atoms. The molecule has 3 nitrogen and oxygen atoms in total. The van der Waals surface area contributed by atoms with Crippen LogP contribution >= 0.6 is 11.6 Å². The van der Waals surface area contributed by atoms with Gasteiger partial charge in [-0.1, -0.05) is 16.8 Å². The van der Waals surface area contributed by atoms with Crippen LogP contribution in [0.5, 0.6) is 0 Å². The minimum atomic E-state index is -0.350. The normalized spacial score (nSPS) is 10.8. The number of rotatable bonds is 1. The average molecular weight is 241 g/mol. The Morgan fingerprint density at radius 2 is 2.12 bits per heavy atom. The number of anilines is 1. The fourth-order valence-electron chi connectivity index (χ4n) is 1.60. The highest BCUT2D eigenvalue weighted by Gasteiger charge is 2.18. The van der Waals surface area contributed by atoms with Crippen LogP contribution in [0, 0.1) is 19.7 Å². The van der Waals surface area contributed by atoms with E-state index in [9.17, 15) is 4.39 Å². The second kappa shape index (κ2) is 3.79. The van der Waals surface area contributed by atoms with Crippen molar-refractivity contribution in [2.75, 3.05) is 5.73 Å². The molecule has 2 rings (SSSR count). The van der Waals surface area contributed by atoms with Crippen molar-refractivity contribution in [3.8, 4) is 11.1 Å². The van der Waals surface area contributed by atoms with Gasteiger partial charge in [0.2, 0.25) is 5.88 Å². The standard InChI is InChI=1S/C11H10ClFN2O/c1-5-3-8(12)6(2)9(10(5)13)7-4-15-16-11(7)14/h3-4H,14H2,1-2H3. The third-order valence-corrected chi connectivity index (χ3v) is 2.90. The summed E-state index contributed by atoms with van der Waals surface area (Å²) in [5.74, 6) is -0.263. The first-order valence-corrected chi connectivity index (χ1v) is 5.06. The number of halogens is 2. The van der Waals surface area contributed by atoms with Crippen molar-refractivity contribution in [3.63, 3.8) is 0 Å². The Morgan fingerprint density at radius 3 is 2.69 bits per heavy atom. The molecular weight excluding hydrogens is 231 g/mol. The highest BCUT2D eigenvalue weighted by atomic mass is 35.5. The molecule has 2 N–H and O–H groups in total. The number of nitrogens with zero attached hydrogens (tertiary/aromatic N) is 1. The first-order chi connectivity index (χ1) is 7.52. The lowest BCUT2D eigenvalue weighted by atomic mass is 9.99. The minimum Gasteiger partial charge on any atom is -0.367 e. The maximum Gasteiger partial charge on any atom is 0.230 e. The van der Waals surface area contributed by atoms with Gasteiger partial charge in [0.15, 0.2) is 0 Å². The molecule has 0 unspecified atom stereocenters. The van der Waals surface area contributed by atoms with Gasteiger partial charge in [-0.2, -0.15) is 0 Å². The van der Waals surface area contributed by atoms with Crippen molar-refractivity contribution in [2.45, 2.75) is 13.8 Å². The molecule has 2 aromatic rings. The Balaban J connectivity index is 2.79. The lowest BCUT2D eigenvalue weighted by molar-refractivity contribution is 0.436. The van der Waals surface area contributed by atoms with Gasteiger partial charge in [-0.15, -0.1) is 0 Å². The topological polar surface area (TPSA) is 52.0 Å². The number of aryl methyl sites for hydroxylation is 1. The highest BCUT2D eigenvalue weighted by Crippen LogP contribution is 2.35. The van der Waals surface area contributed by atoms with Crippen LogP contribution in [-0.2, 0) is 0 Å². The summed E-state index contributed by atoms with van der Waals surface area (Å²) in [6.45, 7) is 3.38. The van der Waals surface area contributed by atoms with E-state index in [0.717, 1.165) is 0 Å². The van der Waals surface area contributed by atoms with Crippen LogP contribution in [0.1, 0.15) is 11.1 Å². The van der Waals surface area contributed by atoms with E-state index in [0.29, 0.717) is 27.3 Å². The van der Waals surface area contributed by atoms with Gasteiger partial charge in [-0.05, 0) is 31.0 Å². The number of hydrogen-bond acceptors (Lipinski definition) is 3. The molecule has 1 aromatic heterocycles. The number of nitrogen functional groups attached to an aromatic ring is 1. The molecule has 0 fully saturated rings. The van der Waals surface area contributed by atoms with Gasteiger partial charge < -0.3 is 10.3 Å². The van der Waals surface area contributed by atoms with Crippen molar-refractivity contribution in [1.82, 2.24) is 5.16 Å². The summed E-state index contributed by atoms with van der Waals surface area (Å²) in [7, 11) is 0. The zero-order valence-corrected chi connectivity index (χ0v) is 9.60. The third-order valence-electron chi connectivity index (χ3n) is 2.51. The number of hydrogen-bond donors (Lipinski definition) is 1. The molecular formula is C11H10ClFN2O. The molecule has 0 bridgehead atoms. The number of aromatic nitrogens is 1. The van der Waals surface area contributed by atoms with Gasteiger partial charge in [-0.3, -0.25) is 0 Å². The van der Waals surface area contributed by atoms with Gasteiger partial charge in [-0.25, -0.2) is 4.39 Å². The van der Waals surface area contributed by atoms with Crippen LogP contribution in [0.2, 0.25) is 5.02 Å². The van der Waals surface area contributed by atoms with Crippen LogP contribution in [-0.4, -0.2) is 5.16 Å². The van der Waals surface area contributed by atoms with Crippen LogP contribution in [0.15, 0.2) is 16.8 Å². The molecule has 84 valence electrons. The van der Waals surface area contributed by atoms with Gasteiger partial charge in [0.1, 0.15) is 5.82 Å². The predicted octanol–water partition coefficient (Wildman–Crippen LogP) is 3.33. The van der Waals surface area contributed by atoms with E-state index in [2.05, 4.69) is 5.16 Å². The van der Waals surface area contributed by atoms with Crippen LogP contribution in [0.25, 0.3) is 11.1 Å². The third kappa shape index (κ3) is 1.55. The predicted molar refractivity (Wildman–Crippen MR) is 60.8 cm³/mol. The second-order valence-corrected chi connectivity index (χ2v) is 4.00. The summed E-state index contributed by atoms with van der Waals surface area (Å²) in [4.78, 5) is 0. The first kappa shape index (κ1) is 11.0. The summed E-state index contributed by atoms with van der Waals surface area (Å²) in [5.41, 5.74) is 7.44. The molecule has 0 saturated heterocycles. The maximum absolute atomic E-state index is 14.0. The Hall–Kier alpha value is -1.55. The summed E-state index contributed by atoms with van der Waals surface area (Å²) in [6, 6.07) is 1.58. The second-order valence-electron chi connectivity index (χ2n) is 3.59. The molecule has 1 heterocycles. The molecule has 0 saturated carbocycles. The Morgan fingerprint density at radius 1 is 1.44 bits per heavy atom. The fraction of sp³-hybridized carbons (Fsp3) is 0.182. The zero-order chi connectivity index (χ0) is 11.9. The molecule has 5 heteroatoms. The molecule has 0 aliphatic rings. The van der Waals surface area contributed by atoms with E-state index < -0.39 is 0 Å². The van der Waals surface area contributed by atoms with Gasteiger partial charge in [0.05, 0.1) is 11.8 Å². The molecule has 0 radical (unpaired) electrons. The van der Waals surface area contributed by atoms with E-state index in [1.54, 1.807) is 19.9 Å². The number of nitrogens with two attached hydrogens (primary N) is 1. The largest absolute Gasteiger partial charge is 0.367 e. The minimum absolute atomic E-state index is 0.0867. The summed E-state index contributed by atoms with van der Waals surface area (Å²) < 4.78 is 18.7. The maximum atomic E-state index is 14.0. The van der Waals surface area contributed by atoms with Crippen molar-refractivity contribution in [2.24, 2.45) is 0 Å². The fourth-order valence-corrected chi connectivity index (χ4v) is 1.86. The SMILES string of the molecule is Cc1cc(Cl)c(C)c(-c2cnoc2N)c1F. The Labute approximate surface area is 97.0 Å². The molecule has 0 atom stereocenters. The van der Waals surface area contributed by atoms with E-state index in [-0.39, 0.29) is 11.7 Å². The summed E-state index contributed by atoms with van der Waals surface area (Å²) in [6.07, 6.45) is 1.39. The van der Waals surface area contributed by atoms with Gasteiger partial charge >= 0.3 is 0 Å². The molecule has 0 spiro atoms. The van der Waals surface area contributed by atoms with Crippen molar-refractivity contribution >= 4 is 17.5 Å². The molecule has 0 amide bonds. The lowest BCUT2D eigenvalue weighted by Gasteiger charge is -2.09. The lowest BCUT2D eigenvalue weighted by Crippen LogP contribution is -1.95. The van der Waals surface area contributed by atoms with E-state index in [1.807, 2.05) is 0 Å². The van der Waals surface area contributed by atoms with E-state index >= 15 is 0 Å². The quantitative estimate of drug-likeness (QED) is 0.832. The van der Waals surface area contributed by atoms with E-state index in [4.69, 9.17) is 21.9 Å². The number of benzene rings is 1. The monoisotopic (exact) mass is 240 g/mol. The van der Waals surface area contributed by atoms with Gasteiger partial charge in [0, 0.05) is 10.6 Å². The molecule has 0 aliphatic carbocycles. The van der Waals surface area contributed by atoms with Crippen molar-refractivity contribution in [3.05, 3.63) is 34.2 Å². The van der Waals surface area contributed by atoms with Crippen molar-refractivity contribution in [1.29, 1.82) is 0 Å². The summed E-state index contributed by atoms with van der Waals surface area (Å²) >= 11 is 6.00. The highest BCUT2D eigenvalue weighted by molar-refractivity contribution is 6.31. The molecule has 0 aliphatic heterocycles. The average Bonchev–Trinajstić information content (AvgIpc) is 2.63. The Bertz CT molecular complexity index is 525. The Kier molecular flexibility index (Phi) is 2.59. The summed E-state index contributed by atoms with van der Waals surface area (Å²) in [5, 5.41) is 4.02. The van der Waals surface area contributed by atoms with Gasteiger partial charge in [0.25, 0.3) is 0 Å². The smallest absolute Gasteiger partial charge is 0.230 e. The first-order valence-electron chi connectivity index (χ1n) is 4.68. The van der Waals surface area contributed by atoms with Crippen molar-refractivity contribution < 1.29 is 8.91 Å².